The molecule has 1 aliphatic rings. The van der Waals surface area contributed by atoms with Crippen molar-refractivity contribution in [3.05, 3.63) is 61.9 Å². The fourth-order valence-electron chi connectivity index (χ4n) is 4.75. The molecule has 10 heteroatoms. The van der Waals surface area contributed by atoms with Crippen LogP contribution in [0.2, 0.25) is 0 Å². The summed E-state index contributed by atoms with van der Waals surface area (Å²) in [7, 11) is 1.65. The summed E-state index contributed by atoms with van der Waals surface area (Å²) >= 11 is 0. The van der Waals surface area contributed by atoms with Gasteiger partial charge in [0.1, 0.15) is 5.69 Å². The second-order valence-electron chi connectivity index (χ2n) is 9.69. The minimum atomic E-state index is -0.444. The maximum Gasteiger partial charge on any atom is 0.332 e. The third-order valence-electron chi connectivity index (χ3n) is 6.64. The van der Waals surface area contributed by atoms with Gasteiger partial charge in [-0.25, -0.2) is 4.79 Å². The van der Waals surface area contributed by atoms with Crippen LogP contribution in [0.25, 0.3) is 22.1 Å². The van der Waals surface area contributed by atoms with Gasteiger partial charge in [-0.2, -0.15) is 4.98 Å². The number of allylic oxidation sites excluding steroid dienone is 2. The van der Waals surface area contributed by atoms with E-state index in [2.05, 4.69) is 16.1 Å². The number of nitrogens with zero attached hydrogens (tertiary/aromatic N) is 6. The van der Waals surface area contributed by atoms with E-state index in [1.54, 1.807) is 7.05 Å². The summed E-state index contributed by atoms with van der Waals surface area (Å²) in [6.07, 6.45) is 3.97. The van der Waals surface area contributed by atoms with E-state index in [1.807, 2.05) is 43.5 Å². The van der Waals surface area contributed by atoms with Gasteiger partial charge < -0.3 is 19.7 Å². The molecule has 4 aromatic rings. The van der Waals surface area contributed by atoms with E-state index in [1.165, 1.54) is 9.13 Å². The van der Waals surface area contributed by atoms with E-state index in [0.717, 1.165) is 35.9 Å². The normalized spacial score (nSPS) is 16.4. The molecule has 1 aliphatic heterocycles. The van der Waals surface area contributed by atoms with Crippen LogP contribution in [-0.2, 0) is 20.1 Å². The zero-order valence-electron chi connectivity index (χ0n) is 20.6. The molecular formula is C25H31N7O3. The Morgan fingerprint density at radius 3 is 2.80 bits per heavy atom. The Morgan fingerprint density at radius 1 is 1.26 bits per heavy atom. The molecule has 1 unspecified atom stereocenters. The molecule has 184 valence electrons. The molecular weight excluding hydrogens is 446 g/mol. The van der Waals surface area contributed by atoms with E-state index in [0.29, 0.717) is 41.5 Å². The van der Waals surface area contributed by atoms with Crippen molar-refractivity contribution in [2.24, 2.45) is 12.8 Å². The third-order valence-corrected chi connectivity index (χ3v) is 6.64. The summed E-state index contributed by atoms with van der Waals surface area (Å²) in [4.78, 5) is 34.1. The Labute approximate surface area is 202 Å². The van der Waals surface area contributed by atoms with Crippen molar-refractivity contribution < 1.29 is 4.52 Å². The van der Waals surface area contributed by atoms with Crippen molar-refractivity contribution in [1.29, 1.82) is 0 Å². The molecule has 1 aromatic carbocycles. The van der Waals surface area contributed by atoms with Gasteiger partial charge in [-0.1, -0.05) is 28.4 Å². The minimum absolute atomic E-state index is 0.00957. The molecule has 0 spiro atoms. The number of hydrogen-bond donors (Lipinski definition) is 1. The second kappa shape index (κ2) is 8.84. The van der Waals surface area contributed by atoms with Crippen LogP contribution in [0.4, 0.5) is 5.95 Å². The van der Waals surface area contributed by atoms with Gasteiger partial charge in [-0.3, -0.25) is 13.9 Å². The van der Waals surface area contributed by atoms with Gasteiger partial charge in [0.25, 0.3) is 5.56 Å². The summed E-state index contributed by atoms with van der Waals surface area (Å²) in [5.41, 5.74) is 9.49. The monoisotopic (exact) mass is 477 g/mol. The summed E-state index contributed by atoms with van der Waals surface area (Å²) < 4.78 is 10.0. The van der Waals surface area contributed by atoms with Gasteiger partial charge in [0.05, 0.1) is 6.54 Å². The highest BCUT2D eigenvalue weighted by atomic mass is 16.5. The first kappa shape index (κ1) is 23.1. The number of anilines is 1. The molecule has 1 fully saturated rings. The summed E-state index contributed by atoms with van der Waals surface area (Å²) in [6.45, 7) is 7.95. The predicted molar refractivity (Wildman–Crippen MR) is 136 cm³/mol. The van der Waals surface area contributed by atoms with E-state index in [4.69, 9.17) is 15.2 Å². The maximum absolute atomic E-state index is 13.8. The number of benzene rings is 1. The smallest absolute Gasteiger partial charge is 0.332 e. The highest BCUT2D eigenvalue weighted by Gasteiger charge is 2.26. The average Bonchev–Trinajstić information content (AvgIpc) is 3.40. The number of aromatic nitrogens is 5. The molecule has 0 radical (unpaired) electrons. The number of rotatable bonds is 5. The van der Waals surface area contributed by atoms with Gasteiger partial charge in [-0.05, 0) is 45.7 Å². The van der Waals surface area contributed by atoms with E-state index in [9.17, 15) is 9.59 Å². The van der Waals surface area contributed by atoms with Gasteiger partial charge in [0.2, 0.25) is 5.95 Å². The molecule has 0 amide bonds. The molecule has 3 aromatic heterocycles. The number of fused-ring (bicyclic) bond motifs is 2. The summed E-state index contributed by atoms with van der Waals surface area (Å²) in [6, 6.07) is 5.77. The molecule has 4 heterocycles. The Morgan fingerprint density at radius 2 is 2.06 bits per heavy atom. The van der Waals surface area contributed by atoms with Crippen LogP contribution in [0.15, 0.2) is 44.0 Å². The first-order chi connectivity index (χ1) is 16.7. The van der Waals surface area contributed by atoms with E-state index >= 15 is 0 Å². The lowest BCUT2D eigenvalue weighted by Crippen LogP contribution is -2.44. The number of nitrogens with two attached hydrogens (primary N) is 1. The second-order valence-corrected chi connectivity index (χ2v) is 9.69. The topological polar surface area (TPSA) is 117 Å². The maximum atomic E-state index is 13.8. The zero-order valence-corrected chi connectivity index (χ0v) is 20.6. The van der Waals surface area contributed by atoms with Crippen molar-refractivity contribution in [3.63, 3.8) is 0 Å². The first-order valence-electron chi connectivity index (χ1n) is 11.9. The molecule has 1 atom stereocenters. The molecule has 0 bridgehead atoms. The van der Waals surface area contributed by atoms with Crippen LogP contribution in [0.1, 0.15) is 37.9 Å². The lowest BCUT2D eigenvalue weighted by Gasteiger charge is -2.31. The number of piperidine rings is 1. The predicted octanol–water partition coefficient (Wildman–Crippen LogP) is 2.29. The van der Waals surface area contributed by atoms with Crippen molar-refractivity contribution in [1.82, 2.24) is 23.8 Å². The summed E-state index contributed by atoms with van der Waals surface area (Å²) in [5, 5.41) is 4.95. The fourth-order valence-corrected chi connectivity index (χ4v) is 4.75. The van der Waals surface area contributed by atoms with Crippen molar-refractivity contribution in [2.45, 2.75) is 52.7 Å². The largest absolute Gasteiger partial charge is 0.356 e. The molecule has 35 heavy (non-hydrogen) atoms. The Bertz CT molecular complexity index is 1570. The Hall–Kier alpha value is -3.66. The van der Waals surface area contributed by atoms with Crippen LogP contribution in [0, 0.1) is 6.92 Å². The standard InChI is InChI=1S/C25H31N7O3/c1-15(2)9-11-31-21-22(27-24(31)30-10-5-6-17(26)13-30)29(4)25(34)32(23(21)33)14-19-18-12-16(3)7-8-20(18)35-28-19/h7-9,12,17H,5-6,10-11,13-14,26H2,1-4H3. The van der Waals surface area contributed by atoms with Gasteiger partial charge >= 0.3 is 5.69 Å². The average molecular weight is 478 g/mol. The van der Waals surface area contributed by atoms with E-state index in [-0.39, 0.29) is 12.6 Å². The van der Waals surface area contributed by atoms with Crippen molar-refractivity contribution in [2.75, 3.05) is 18.0 Å². The highest BCUT2D eigenvalue weighted by molar-refractivity contribution is 5.80. The van der Waals surface area contributed by atoms with Crippen LogP contribution >= 0.6 is 0 Å². The third kappa shape index (κ3) is 4.07. The van der Waals surface area contributed by atoms with Crippen LogP contribution in [0.3, 0.4) is 0 Å². The quantitative estimate of drug-likeness (QED) is 0.438. The molecule has 1 saturated heterocycles. The number of hydrogen-bond acceptors (Lipinski definition) is 7. The van der Waals surface area contributed by atoms with Crippen molar-refractivity contribution in [3.8, 4) is 0 Å². The number of imidazole rings is 1. The van der Waals surface area contributed by atoms with Gasteiger partial charge in [0.15, 0.2) is 16.7 Å². The van der Waals surface area contributed by atoms with Crippen molar-refractivity contribution >= 4 is 28.1 Å². The number of aryl methyl sites for hydroxylation is 2. The van der Waals surface area contributed by atoms with Gasteiger partial charge in [-0.15, -0.1) is 0 Å². The Balaban J connectivity index is 1.71. The fraction of sp³-hybridized carbons (Fsp3) is 0.440. The van der Waals surface area contributed by atoms with Crippen LogP contribution in [0.5, 0.6) is 0 Å². The zero-order chi connectivity index (χ0) is 24.9. The molecule has 10 nitrogen and oxygen atoms in total. The molecule has 0 saturated carbocycles. The Kier molecular flexibility index (Phi) is 5.84. The van der Waals surface area contributed by atoms with Gasteiger partial charge in [0, 0.05) is 38.1 Å². The highest BCUT2D eigenvalue weighted by Crippen LogP contribution is 2.24. The molecule has 2 N–H and O–H groups in total. The van der Waals surface area contributed by atoms with Crippen LogP contribution in [-0.4, -0.2) is 43.0 Å². The lowest BCUT2D eigenvalue weighted by molar-refractivity contribution is 0.441. The SMILES string of the molecule is CC(C)=CCn1c(N2CCCC(N)C2)nc2c1c(=O)n(Cc1noc3ccc(C)cc13)c(=O)n2C. The molecule has 0 aliphatic carbocycles. The first-order valence-corrected chi connectivity index (χ1v) is 11.9. The minimum Gasteiger partial charge on any atom is -0.356 e. The molecule has 5 rings (SSSR count). The van der Waals surface area contributed by atoms with Crippen LogP contribution < -0.4 is 21.9 Å². The summed E-state index contributed by atoms with van der Waals surface area (Å²) in [5.74, 6) is 0.667. The van der Waals surface area contributed by atoms with E-state index < -0.39 is 11.2 Å². The lowest BCUT2D eigenvalue weighted by atomic mass is 10.1.